The summed E-state index contributed by atoms with van der Waals surface area (Å²) in [5.74, 6) is -0.791. The third kappa shape index (κ3) is 4.88. The van der Waals surface area contributed by atoms with Crippen LogP contribution in [0.1, 0.15) is 34.1 Å². The Morgan fingerprint density at radius 2 is 1.92 bits per heavy atom. The molecule has 0 saturated heterocycles. The third-order valence-electron chi connectivity index (χ3n) is 1.97. The van der Waals surface area contributed by atoms with Crippen molar-refractivity contribution in [3.05, 3.63) is 0 Å². The zero-order chi connectivity index (χ0) is 10.6. The number of esters is 1. The van der Waals surface area contributed by atoms with Crippen molar-refractivity contribution in [2.45, 2.75) is 40.2 Å². The minimum absolute atomic E-state index is 0.0295. The molecule has 0 aromatic carbocycles. The van der Waals surface area contributed by atoms with Crippen molar-refractivity contribution in [2.75, 3.05) is 7.11 Å². The van der Waals surface area contributed by atoms with Gasteiger partial charge in [0, 0.05) is 0 Å². The van der Waals surface area contributed by atoms with Crippen LogP contribution in [0, 0.1) is 11.3 Å². The van der Waals surface area contributed by atoms with Crippen molar-refractivity contribution < 1.29 is 14.6 Å². The van der Waals surface area contributed by atoms with E-state index in [0.717, 1.165) is 0 Å². The molecule has 0 fully saturated rings. The molecule has 3 heteroatoms. The molecule has 0 rings (SSSR count). The average Bonchev–Trinajstić information content (AvgIpc) is 1.98. The number of carbonyl (C=O) groups excluding carboxylic acids is 1. The second-order valence-electron chi connectivity index (χ2n) is 4.64. The van der Waals surface area contributed by atoms with Crippen LogP contribution in [0.5, 0.6) is 0 Å². The average molecular weight is 188 g/mol. The van der Waals surface area contributed by atoms with E-state index in [1.54, 1.807) is 6.92 Å². The number of methoxy groups -OCH3 is 1. The Morgan fingerprint density at radius 1 is 1.46 bits per heavy atom. The standard InChI is InChI=1S/C10H20O3/c1-7(9(12)13-5)8(11)6-10(2,3)4/h7-8,11H,6H2,1-5H3. The first-order valence-electron chi connectivity index (χ1n) is 4.54. The predicted molar refractivity (Wildman–Crippen MR) is 51.3 cm³/mol. The van der Waals surface area contributed by atoms with Crippen LogP contribution in [-0.2, 0) is 9.53 Å². The van der Waals surface area contributed by atoms with Gasteiger partial charge in [0.1, 0.15) is 0 Å². The lowest BCUT2D eigenvalue weighted by molar-refractivity contribution is -0.149. The van der Waals surface area contributed by atoms with Gasteiger partial charge < -0.3 is 9.84 Å². The molecule has 0 aliphatic heterocycles. The lowest BCUT2D eigenvalue weighted by Crippen LogP contribution is -2.30. The number of hydrogen-bond donors (Lipinski definition) is 1. The van der Waals surface area contributed by atoms with E-state index in [1.165, 1.54) is 7.11 Å². The SMILES string of the molecule is COC(=O)C(C)C(O)CC(C)(C)C. The van der Waals surface area contributed by atoms with Crippen LogP contribution < -0.4 is 0 Å². The Hall–Kier alpha value is -0.570. The molecule has 1 N–H and O–H groups in total. The van der Waals surface area contributed by atoms with E-state index in [4.69, 9.17) is 0 Å². The Bertz CT molecular complexity index is 169. The first-order valence-corrected chi connectivity index (χ1v) is 4.54. The zero-order valence-electron chi connectivity index (χ0n) is 9.13. The summed E-state index contributed by atoms with van der Waals surface area (Å²) in [6.07, 6.45) is -0.0176. The molecule has 0 spiro atoms. The summed E-state index contributed by atoms with van der Waals surface area (Å²) < 4.78 is 4.55. The van der Waals surface area contributed by atoms with Crippen LogP contribution in [0.3, 0.4) is 0 Å². The highest BCUT2D eigenvalue weighted by atomic mass is 16.5. The number of carbonyl (C=O) groups is 1. The van der Waals surface area contributed by atoms with Crippen LogP contribution in [0.2, 0.25) is 0 Å². The second-order valence-corrected chi connectivity index (χ2v) is 4.64. The van der Waals surface area contributed by atoms with Gasteiger partial charge in [-0.3, -0.25) is 4.79 Å². The van der Waals surface area contributed by atoms with E-state index >= 15 is 0 Å². The minimum atomic E-state index is -0.618. The Kier molecular flexibility index (Phi) is 4.40. The van der Waals surface area contributed by atoms with E-state index < -0.39 is 12.0 Å². The van der Waals surface area contributed by atoms with Gasteiger partial charge in [0.15, 0.2) is 0 Å². The molecule has 0 aliphatic carbocycles. The van der Waals surface area contributed by atoms with Crippen molar-refractivity contribution in [3.8, 4) is 0 Å². The van der Waals surface area contributed by atoms with Crippen LogP contribution in [-0.4, -0.2) is 24.3 Å². The van der Waals surface area contributed by atoms with Crippen molar-refractivity contribution in [1.82, 2.24) is 0 Å². The van der Waals surface area contributed by atoms with Crippen molar-refractivity contribution in [2.24, 2.45) is 11.3 Å². The molecule has 0 amide bonds. The van der Waals surface area contributed by atoms with E-state index in [1.807, 2.05) is 20.8 Å². The summed E-state index contributed by atoms with van der Waals surface area (Å²) in [4.78, 5) is 11.1. The summed E-state index contributed by atoms with van der Waals surface area (Å²) in [6, 6.07) is 0. The number of rotatable bonds is 3. The Labute approximate surface area is 80.1 Å². The fraction of sp³-hybridized carbons (Fsp3) is 0.900. The topological polar surface area (TPSA) is 46.5 Å². The summed E-state index contributed by atoms with van der Waals surface area (Å²) in [6.45, 7) is 7.77. The first kappa shape index (κ1) is 12.4. The van der Waals surface area contributed by atoms with Gasteiger partial charge in [-0.1, -0.05) is 20.8 Å². The minimum Gasteiger partial charge on any atom is -0.469 e. The fourth-order valence-corrected chi connectivity index (χ4v) is 1.15. The molecule has 3 nitrogen and oxygen atoms in total. The molecule has 0 aliphatic rings. The predicted octanol–water partition coefficient (Wildman–Crippen LogP) is 1.59. The number of ether oxygens (including phenoxy) is 1. The van der Waals surface area contributed by atoms with Crippen molar-refractivity contribution in [3.63, 3.8) is 0 Å². The molecule has 0 saturated carbocycles. The summed E-state index contributed by atoms with van der Waals surface area (Å²) in [5.41, 5.74) is 0.0295. The van der Waals surface area contributed by atoms with E-state index in [2.05, 4.69) is 4.74 Å². The molecular weight excluding hydrogens is 168 g/mol. The van der Waals surface area contributed by atoms with E-state index in [0.29, 0.717) is 6.42 Å². The second kappa shape index (κ2) is 4.61. The Morgan fingerprint density at radius 3 is 2.23 bits per heavy atom. The first-order chi connectivity index (χ1) is 5.78. The number of hydrogen-bond acceptors (Lipinski definition) is 3. The van der Waals surface area contributed by atoms with Crippen LogP contribution in [0.15, 0.2) is 0 Å². The van der Waals surface area contributed by atoms with Gasteiger partial charge in [-0.2, -0.15) is 0 Å². The molecule has 13 heavy (non-hydrogen) atoms. The van der Waals surface area contributed by atoms with Gasteiger partial charge in [-0.05, 0) is 18.8 Å². The van der Waals surface area contributed by atoms with E-state index in [-0.39, 0.29) is 11.4 Å². The van der Waals surface area contributed by atoms with Crippen LogP contribution in [0.25, 0.3) is 0 Å². The van der Waals surface area contributed by atoms with E-state index in [9.17, 15) is 9.90 Å². The van der Waals surface area contributed by atoms with Gasteiger partial charge in [0.05, 0.1) is 19.1 Å². The van der Waals surface area contributed by atoms with Gasteiger partial charge in [-0.25, -0.2) is 0 Å². The molecule has 0 aromatic heterocycles. The summed E-state index contributed by atoms with van der Waals surface area (Å²) >= 11 is 0. The molecule has 78 valence electrons. The fourth-order valence-electron chi connectivity index (χ4n) is 1.15. The van der Waals surface area contributed by atoms with Crippen molar-refractivity contribution >= 4 is 5.97 Å². The lowest BCUT2D eigenvalue weighted by atomic mass is 9.85. The third-order valence-corrected chi connectivity index (χ3v) is 1.97. The molecule has 0 bridgehead atoms. The van der Waals surface area contributed by atoms with Gasteiger partial charge >= 0.3 is 5.97 Å². The molecule has 2 atom stereocenters. The zero-order valence-corrected chi connectivity index (χ0v) is 9.13. The molecule has 0 radical (unpaired) electrons. The number of aliphatic hydroxyl groups excluding tert-OH is 1. The number of aliphatic hydroxyl groups is 1. The molecule has 2 unspecified atom stereocenters. The highest BCUT2D eigenvalue weighted by Crippen LogP contribution is 2.24. The normalized spacial score (nSPS) is 16.5. The summed E-state index contributed by atoms with van der Waals surface area (Å²) in [7, 11) is 1.34. The van der Waals surface area contributed by atoms with Crippen LogP contribution >= 0.6 is 0 Å². The quantitative estimate of drug-likeness (QED) is 0.684. The molecule has 0 heterocycles. The van der Waals surface area contributed by atoms with Crippen molar-refractivity contribution in [1.29, 1.82) is 0 Å². The maximum Gasteiger partial charge on any atom is 0.311 e. The highest BCUT2D eigenvalue weighted by Gasteiger charge is 2.26. The monoisotopic (exact) mass is 188 g/mol. The van der Waals surface area contributed by atoms with Crippen LogP contribution in [0.4, 0.5) is 0 Å². The highest BCUT2D eigenvalue weighted by molar-refractivity contribution is 5.72. The van der Waals surface area contributed by atoms with Gasteiger partial charge in [0.2, 0.25) is 0 Å². The maximum atomic E-state index is 11.1. The smallest absolute Gasteiger partial charge is 0.311 e. The molecule has 0 aromatic rings. The summed E-state index contributed by atoms with van der Waals surface area (Å²) in [5, 5.41) is 9.65. The molecular formula is C10H20O3. The Balaban J connectivity index is 4.11. The maximum absolute atomic E-state index is 11.1. The van der Waals surface area contributed by atoms with Gasteiger partial charge in [0.25, 0.3) is 0 Å². The lowest BCUT2D eigenvalue weighted by Gasteiger charge is -2.25. The largest absolute Gasteiger partial charge is 0.469 e. The van der Waals surface area contributed by atoms with Gasteiger partial charge in [-0.15, -0.1) is 0 Å².